The molecule has 1 aliphatic rings. The fraction of sp³-hybridized carbons (Fsp3) is 0.350. The summed E-state index contributed by atoms with van der Waals surface area (Å²) in [5.41, 5.74) is 0.627. The van der Waals surface area contributed by atoms with Crippen LogP contribution in [0.25, 0.3) is 0 Å². The van der Waals surface area contributed by atoms with Crippen LogP contribution in [0.5, 0.6) is 5.88 Å². The molecule has 1 aromatic carbocycles. The zero-order valence-electron chi connectivity index (χ0n) is 15.0. The Morgan fingerprint density at radius 1 is 1.07 bits per heavy atom. The van der Waals surface area contributed by atoms with Crippen LogP contribution in [0.2, 0.25) is 0 Å². The summed E-state index contributed by atoms with van der Waals surface area (Å²) in [5, 5.41) is 0. The van der Waals surface area contributed by atoms with Gasteiger partial charge in [0.15, 0.2) is 12.4 Å². The number of carbonyl (C=O) groups is 2. The lowest BCUT2D eigenvalue weighted by molar-refractivity contribution is -0.154. The van der Waals surface area contributed by atoms with Crippen LogP contribution in [-0.2, 0) is 0 Å². The molecule has 0 unspecified atom stereocenters. The van der Waals surface area contributed by atoms with Crippen LogP contribution in [0.15, 0.2) is 48.7 Å². The maximum atomic E-state index is 12.7. The molecule has 8 heteroatoms. The maximum absolute atomic E-state index is 12.7. The third-order valence-corrected chi connectivity index (χ3v) is 4.59. The number of ether oxygens (including phenoxy) is 1. The van der Waals surface area contributed by atoms with E-state index in [1.54, 1.807) is 24.3 Å². The lowest BCUT2D eigenvalue weighted by Crippen LogP contribution is -2.40. The van der Waals surface area contributed by atoms with Gasteiger partial charge >= 0.3 is 6.18 Å². The van der Waals surface area contributed by atoms with Crippen molar-refractivity contribution in [2.45, 2.75) is 19.0 Å². The van der Waals surface area contributed by atoms with E-state index in [1.807, 2.05) is 6.07 Å². The van der Waals surface area contributed by atoms with Crippen molar-refractivity contribution in [3.05, 3.63) is 59.8 Å². The Hall–Kier alpha value is -2.90. The zero-order chi connectivity index (χ0) is 20.1. The lowest BCUT2D eigenvalue weighted by Gasteiger charge is -2.31. The molecule has 0 aliphatic carbocycles. The minimum Gasteiger partial charge on any atom is -0.467 e. The van der Waals surface area contributed by atoms with E-state index in [0.29, 0.717) is 31.5 Å². The highest BCUT2D eigenvalue weighted by atomic mass is 19.4. The number of pyridine rings is 1. The van der Waals surface area contributed by atoms with Gasteiger partial charge in [0, 0.05) is 30.8 Å². The first-order valence-corrected chi connectivity index (χ1v) is 8.88. The number of nitrogens with zero attached hydrogens (tertiary/aromatic N) is 2. The van der Waals surface area contributed by atoms with Crippen molar-refractivity contribution in [3.8, 4) is 5.88 Å². The number of carbonyl (C=O) groups excluding carboxylic acids is 2. The van der Waals surface area contributed by atoms with Gasteiger partial charge < -0.3 is 9.64 Å². The first-order chi connectivity index (χ1) is 13.3. The van der Waals surface area contributed by atoms with Crippen molar-refractivity contribution in [1.29, 1.82) is 0 Å². The van der Waals surface area contributed by atoms with Crippen LogP contribution in [0.3, 0.4) is 0 Å². The molecule has 0 bridgehead atoms. The molecule has 1 fully saturated rings. The fourth-order valence-electron chi connectivity index (χ4n) is 3.17. The maximum Gasteiger partial charge on any atom is 0.422 e. The summed E-state index contributed by atoms with van der Waals surface area (Å²) >= 11 is 0. The predicted octanol–water partition coefficient (Wildman–Crippen LogP) is 3.76. The van der Waals surface area contributed by atoms with Crippen LogP contribution in [0, 0.1) is 5.92 Å². The number of rotatable bonds is 5. The van der Waals surface area contributed by atoms with Crippen LogP contribution < -0.4 is 4.74 Å². The normalized spacial score (nSPS) is 15.3. The molecule has 1 saturated heterocycles. The van der Waals surface area contributed by atoms with Gasteiger partial charge in [0.2, 0.25) is 5.88 Å². The van der Waals surface area contributed by atoms with Gasteiger partial charge in [-0.25, -0.2) is 4.98 Å². The van der Waals surface area contributed by atoms with Gasteiger partial charge in [-0.15, -0.1) is 0 Å². The Kier molecular flexibility index (Phi) is 5.96. The minimum atomic E-state index is -4.52. The number of alkyl halides is 3. The second-order valence-corrected chi connectivity index (χ2v) is 6.56. The van der Waals surface area contributed by atoms with Gasteiger partial charge in [0.25, 0.3) is 5.91 Å². The number of benzene rings is 1. The van der Waals surface area contributed by atoms with Gasteiger partial charge in [0.1, 0.15) is 5.56 Å². The number of halogens is 3. The quantitative estimate of drug-likeness (QED) is 0.727. The summed E-state index contributed by atoms with van der Waals surface area (Å²) in [4.78, 5) is 30.5. The molecule has 2 aromatic rings. The molecule has 2 heterocycles. The van der Waals surface area contributed by atoms with E-state index in [0.717, 1.165) is 0 Å². The Morgan fingerprint density at radius 3 is 2.39 bits per heavy atom. The molecule has 1 aliphatic heterocycles. The monoisotopic (exact) mass is 392 g/mol. The van der Waals surface area contributed by atoms with Crippen LogP contribution >= 0.6 is 0 Å². The zero-order valence-corrected chi connectivity index (χ0v) is 15.0. The molecular weight excluding hydrogens is 373 g/mol. The molecule has 5 nitrogen and oxygen atoms in total. The number of aromatic nitrogens is 1. The van der Waals surface area contributed by atoms with Gasteiger partial charge in [0.05, 0.1) is 0 Å². The van der Waals surface area contributed by atoms with E-state index < -0.39 is 18.7 Å². The molecular formula is C20H19F3N2O3. The molecule has 1 amide bonds. The predicted molar refractivity (Wildman–Crippen MR) is 95.2 cm³/mol. The van der Waals surface area contributed by atoms with Crippen molar-refractivity contribution in [3.63, 3.8) is 0 Å². The Balaban J connectivity index is 1.63. The summed E-state index contributed by atoms with van der Waals surface area (Å²) in [7, 11) is 0. The van der Waals surface area contributed by atoms with Gasteiger partial charge in [-0.3, -0.25) is 9.59 Å². The van der Waals surface area contributed by atoms with E-state index in [4.69, 9.17) is 4.74 Å². The first-order valence-electron chi connectivity index (χ1n) is 8.88. The van der Waals surface area contributed by atoms with Crippen LogP contribution in [-0.4, -0.2) is 47.4 Å². The highest BCUT2D eigenvalue weighted by Gasteiger charge is 2.32. The average Bonchev–Trinajstić information content (AvgIpc) is 2.71. The minimum absolute atomic E-state index is 0.0143. The molecule has 0 spiro atoms. The Bertz CT molecular complexity index is 832. The number of amides is 1. The summed E-state index contributed by atoms with van der Waals surface area (Å²) in [6, 6.07) is 11.8. The Morgan fingerprint density at radius 2 is 1.75 bits per heavy atom. The summed E-state index contributed by atoms with van der Waals surface area (Å²) in [6.07, 6.45) is -2.25. The molecule has 0 atom stereocenters. The average molecular weight is 392 g/mol. The number of hydrogen-bond donors (Lipinski definition) is 0. The number of hydrogen-bond acceptors (Lipinski definition) is 4. The molecule has 0 radical (unpaired) electrons. The third-order valence-electron chi connectivity index (χ3n) is 4.59. The van der Waals surface area contributed by atoms with Crippen molar-refractivity contribution < 1.29 is 27.5 Å². The van der Waals surface area contributed by atoms with Gasteiger partial charge in [-0.1, -0.05) is 30.3 Å². The Labute approximate surface area is 160 Å². The van der Waals surface area contributed by atoms with Crippen LogP contribution in [0.4, 0.5) is 13.2 Å². The second-order valence-electron chi connectivity index (χ2n) is 6.56. The SMILES string of the molecule is O=C(c1ccccc1)C1CCN(C(=O)c2cccnc2OCC(F)(F)F)CC1. The number of piperidine rings is 1. The van der Waals surface area contributed by atoms with E-state index in [1.165, 1.54) is 23.2 Å². The molecule has 0 saturated carbocycles. The van der Waals surface area contributed by atoms with Crippen molar-refractivity contribution >= 4 is 11.7 Å². The smallest absolute Gasteiger partial charge is 0.422 e. The second kappa shape index (κ2) is 8.41. The summed E-state index contributed by atoms with van der Waals surface area (Å²) < 4.78 is 41.9. The van der Waals surface area contributed by atoms with Crippen molar-refractivity contribution in [2.24, 2.45) is 5.92 Å². The topological polar surface area (TPSA) is 59.5 Å². The highest BCUT2D eigenvalue weighted by molar-refractivity contribution is 5.99. The molecule has 28 heavy (non-hydrogen) atoms. The first kappa shape index (κ1) is 19.9. The van der Waals surface area contributed by atoms with E-state index >= 15 is 0 Å². The molecule has 3 rings (SSSR count). The van der Waals surface area contributed by atoms with Crippen molar-refractivity contribution in [2.75, 3.05) is 19.7 Å². The van der Waals surface area contributed by atoms with Gasteiger partial charge in [-0.05, 0) is 25.0 Å². The van der Waals surface area contributed by atoms with E-state index in [2.05, 4.69) is 4.98 Å². The fourth-order valence-corrected chi connectivity index (χ4v) is 3.17. The largest absolute Gasteiger partial charge is 0.467 e. The van der Waals surface area contributed by atoms with E-state index in [9.17, 15) is 22.8 Å². The van der Waals surface area contributed by atoms with Gasteiger partial charge in [-0.2, -0.15) is 13.2 Å². The number of likely N-dealkylation sites (tertiary alicyclic amines) is 1. The van der Waals surface area contributed by atoms with Crippen LogP contribution in [0.1, 0.15) is 33.6 Å². The molecule has 0 N–H and O–H groups in total. The number of ketones is 1. The molecule has 1 aromatic heterocycles. The van der Waals surface area contributed by atoms with E-state index in [-0.39, 0.29) is 23.1 Å². The third kappa shape index (κ3) is 4.88. The lowest BCUT2D eigenvalue weighted by atomic mass is 9.88. The molecule has 148 valence electrons. The highest BCUT2D eigenvalue weighted by Crippen LogP contribution is 2.26. The van der Waals surface area contributed by atoms with Crippen molar-refractivity contribution in [1.82, 2.24) is 9.88 Å². The summed E-state index contributed by atoms with van der Waals surface area (Å²) in [6.45, 7) is -0.830. The summed E-state index contributed by atoms with van der Waals surface area (Å²) in [5.74, 6) is -0.923. The standard InChI is InChI=1S/C20H19F3N2O3/c21-20(22,23)13-28-18-16(7-4-10-24-18)19(27)25-11-8-15(9-12-25)17(26)14-5-2-1-3-6-14/h1-7,10,15H,8-9,11-13H2. The number of Topliss-reactive ketones (excluding diaryl/α,β-unsaturated/α-hetero) is 1.